The van der Waals surface area contributed by atoms with Gasteiger partial charge in [0.25, 0.3) is 0 Å². The predicted octanol–water partition coefficient (Wildman–Crippen LogP) is 7.27. The quantitative estimate of drug-likeness (QED) is 0.192. The van der Waals surface area contributed by atoms with Crippen molar-refractivity contribution in [3.8, 4) is 22.5 Å². The lowest BCUT2D eigenvalue weighted by Gasteiger charge is -2.56. The fraction of sp³-hybridized carbons (Fsp3) is 0.486. The Labute approximate surface area is 271 Å². The molecule has 0 aromatic carbocycles. The Bertz CT molecular complexity index is 1960. The van der Waals surface area contributed by atoms with Gasteiger partial charge >= 0.3 is 5.97 Å². The molecule has 0 aliphatic heterocycles. The summed E-state index contributed by atoms with van der Waals surface area (Å²) in [7, 11) is 0. The Morgan fingerprint density at radius 3 is 2.52 bits per heavy atom. The largest absolute Gasteiger partial charge is 0.478 e. The number of rotatable bonds is 7. The molecule has 0 amide bonds. The van der Waals surface area contributed by atoms with Crippen LogP contribution in [-0.2, 0) is 19.4 Å². The highest BCUT2D eigenvalue weighted by Crippen LogP contribution is 2.60. The smallest absolute Gasteiger partial charge is 0.340 e. The van der Waals surface area contributed by atoms with Gasteiger partial charge in [-0.15, -0.1) is 21.5 Å². The lowest BCUT2D eigenvalue weighted by atomic mass is 9.49. The third kappa shape index (κ3) is 4.57. The van der Waals surface area contributed by atoms with Gasteiger partial charge in [0.1, 0.15) is 11.3 Å². The van der Waals surface area contributed by atoms with Gasteiger partial charge in [0.2, 0.25) is 0 Å². The average Bonchev–Trinajstić information content (AvgIpc) is 3.73. The molecular formula is C35H38N8O2S. The Morgan fingerprint density at radius 2 is 1.80 bits per heavy atom. The van der Waals surface area contributed by atoms with Crippen molar-refractivity contribution < 1.29 is 9.90 Å². The van der Waals surface area contributed by atoms with E-state index in [0.717, 1.165) is 59.1 Å². The number of aryl methyl sites for hydroxylation is 3. The number of thiazole rings is 1. The van der Waals surface area contributed by atoms with Crippen molar-refractivity contribution in [2.24, 2.45) is 23.2 Å². The minimum absolute atomic E-state index is 0.168. The molecule has 10 nitrogen and oxygen atoms in total. The Balaban J connectivity index is 1.02. The predicted molar refractivity (Wildman–Crippen MR) is 177 cm³/mol. The molecule has 0 spiro atoms. The molecule has 2 N–H and O–H groups in total. The Kier molecular flexibility index (Phi) is 6.39. The van der Waals surface area contributed by atoms with E-state index >= 15 is 0 Å². The van der Waals surface area contributed by atoms with Crippen molar-refractivity contribution in [2.45, 2.75) is 84.6 Å². The average molecular weight is 635 g/mol. The van der Waals surface area contributed by atoms with Crippen molar-refractivity contribution in [3.63, 3.8) is 0 Å². The van der Waals surface area contributed by atoms with Crippen LogP contribution in [0.1, 0.15) is 83.6 Å². The van der Waals surface area contributed by atoms with Crippen LogP contribution in [0.25, 0.3) is 28.2 Å². The van der Waals surface area contributed by atoms with Crippen LogP contribution >= 0.6 is 11.3 Å². The summed E-state index contributed by atoms with van der Waals surface area (Å²) in [6, 6.07) is 3.83. The number of hydrogen-bond donors (Lipinski definition) is 2. The van der Waals surface area contributed by atoms with Gasteiger partial charge in [0.15, 0.2) is 16.6 Å². The zero-order valence-corrected chi connectivity index (χ0v) is 27.1. The number of carboxylic acid groups (broad SMARTS) is 1. The molecule has 5 heterocycles. The van der Waals surface area contributed by atoms with E-state index in [0.29, 0.717) is 33.8 Å². The van der Waals surface area contributed by atoms with Crippen molar-refractivity contribution in [3.05, 3.63) is 58.1 Å². The fourth-order valence-electron chi connectivity index (χ4n) is 9.59. The summed E-state index contributed by atoms with van der Waals surface area (Å²) in [5.74, 6) is 2.28. The maximum Gasteiger partial charge on any atom is 0.340 e. The number of carboxylic acids is 1. The number of anilines is 2. The summed E-state index contributed by atoms with van der Waals surface area (Å²) < 4.78 is 3.94. The standard InChI is InChI=1S/C35H38N8O2S/c1-19-9-27(40-41-31(19)39-34-38-26-5-3-4-6-29(26)46-34)28-17-36-32-30(33(44)45)24(7-8-42(28)32)25-16-37-43(20(25)2)18-35-13-21-10-22(14-35)12-23(11-21)15-35/h7-9,16-17,21-23H,3-6,10-15,18H2,1-2H3,(H,44,45)(H,38,39,41). The highest BCUT2D eigenvalue weighted by atomic mass is 32.1. The van der Waals surface area contributed by atoms with Crippen LogP contribution in [0.15, 0.2) is 30.7 Å². The van der Waals surface area contributed by atoms with Crippen molar-refractivity contribution in [1.29, 1.82) is 0 Å². The summed E-state index contributed by atoms with van der Waals surface area (Å²) in [5, 5.41) is 28.5. The molecule has 0 atom stereocenters. The van der Waals surface area contributed by atoms with Crippen molar-refractivity contribution >= 4 is 33.9 Å². The second-order valence-electron chi connectivity index (χ2n) is 14.4. The van der Waals surface area contributed by atoms with Crippen molar-refractivity contribution in [2.75, 3.05) is 5.32 Å². The van der Waals surface area contributed by atoms with E-state index in [9.17, 15) is 9.90 Å². The minimum atomic E-state index is -1.01. The molecule has 4 saturated carbocycles. The number of hydrogen-bond acceptors (Lipinski definition) is 8. The molecule has 4 bridgehead atoms. The van der Waals surface area contributed by atoms with Gasteiger partial charge in [-0.2, -0.15) is 5.10 Å². The Morgan fingerprint density at radius 1 is 1.04 bits per heavy atom. The highest BCUT2D eigenvalue weighted by Gasteiger charge is 2.51. The lowest BCUT2D eigenvalue weighted by Crippen LogP contribution is -2.48. The molecule has 46 heavy (non-hydrogen) atoms. The zero-order chi connectivity index (χ0) is 31.2. The number of carbonyl (C=O) groups is 1. The SMILES string of the molecule is Cc1cc(-c2cnc3c(C(=O)O)c(-c4cnn(CC56CC7CC(CC(C7)C5)C6)c4C)ccn23)nnc1Nc1nc2c(s1)CCCC2. The van der Waals surface area contributed by atoms with Gasteiger partial charge in [-0.25, -0.2) is 14.8 Å². The van der Waals surface area contributed by atoms with E-state index < -0.39 is 5.97 Å². The van der Waals surface area contributed by atoms with E-state index in [1.54, 1.807) is 21.9 Å². The number of nitrogens with one attached hydrogen (secondary N) is 1. The Hall–Kier alpha value is -4.12. The van der Waals surface area contributed by atoms with E-state index in [1.165, 1.54) is 61.9 Å². The molecule has 10 rings (SSSR count). The van der Waals surface area contributed by atoms with E-state index in [4.69, 9.17) is 10.1 Å². The van der Waals surface area contributed by atoms with Gasteiger partial charge in [-0.1, -0.05) is 0 Å². The van der Waals surface area contributed by atoms with Crippen molar-refractivity contribution in [1.82, 2.24) is 34.3 Å². The summed E-state index contributed by atoms with van der Waals surface area (Å²) in [6.45, 7) is 4.99. The molecular weight excluding hydrogens is 597 g/mol. The zero-order valence-electron chi connectivity index (χ0n) is 26.3. The molecule has 4 fully saturated rings. The van der Waals surface area contributed by atoms with Crippen LogP contribution < -0.4 is 5.32 Å². The maximum absolute atomic E-state index is 12.8. The third-order valence-corrected chi connectivity index (χ3v) is 12.3. The molecule has 11 heteroatoms. The second kappa shape index (κ2) is 10.4. The number of imidazole rings is 1. The number of aromatic carboxylic acids is 1. The van der Waals surface area contributed by atoms with Crippen LogP contribution in [0.4, 0.5) is 10.9 Å². The summed E-state index contributed by atoms with van der Waals surface area (Å²) >= 11 is 1.70. The molecule has 5 aromatic rings. The first-order valence-electron chi connectivity index (χ1n) is 16.7. The number of fused-ring (bicyclic) bond motifs is 2. The molecule has 0 saturated heterocycles. The van der Waals surface area contributed by atoms with Crippen LogP contribution in [0, 0.1) is 37.0 Å². The normalized spacial score (nSPS) is 24.9. The van der Waals surface area contributed by atoms with Crippen LogP contribution in [0.5, 0.6) is 0 Å². The first-order chi connectivity index (χ1) is 22.3. The van der Waals surface area contributed by atoms with Gasteiger partial charge in [-0.05, 0) is 119 Å². The van der Waals surface area contributed by atoms with E-state index in [1.807, 2.05) is 31.5 Å². The molecule has 236 valence electrons. The van der Waals surface area contributed by atoms with E-state index in [-0.39, 0.29) is 5.56 Å². The number of aromatic nitrogens is 7. The second-order valence-corrected chi connectivity index (χ2v) is 15.5. The molecule has 5 aliphatic rings. The molecule has 5 aromatic heterocycles. The first kappa shape index (κ1) is 28.1. The molecule has 0 unspecified atom stereocenters. The number of nitrogens with zero attached hydrogens (tertiary/aromatic N) is 7. The fourth-order valence-corrected chi connectivity index (χ4v) is 10.6. The monoisotopic (exact) mass is 634 g/mol. The first-order valence-corrected chi connectivity index (χ1v) is 17.5. The highest BCUT2D eigenvalue weighted by molar-refractivity contribution is 7.15. The van der Waals surface area contributed by atoms with Gasteiger partial charge < -0.3 is 10.4 Å². The minimum Gasteiger partial charge on any atom is -0.478 e. The van der Waals surface area contributed by atoms with Crippen LogP contribution in [0.3, 0.4) is 0 Å². The van der Waals surface area contributed by atoms with Crippen LogP contribution in [-0.4, -0.2) is 45.4 Å². The summed E-state index contributed by atoms with van der Waals surface area (Å²) in [5.41, 5.74) is 6.82. The van der Waals surface area contributed by atoms with Gasteiger partial charge in [-0.3, -0.25) is 9.08 Å². The summed E-state index contributed by atoms with van der Waals surface area (Å²) in [6.07, 6.45) is 18.1. The number of pyridine rings is 1. The summed E-state index contributed by atoms with van der Waals surface area (Å²) in [4.78, 5) is 23.5. The molecule has 0 radical (unpaired) electrons. The van der Waals surface area contributed by atoms with Gasteiger partial charge in [0, 0.05) is 34.4 Å². The topological polar surface area (TPSA) is 123 Å². The maximum atomic E-state index is 12.8. The van der Waals surface area contributed by atoms with Crippen LogP contribution in [0.2, 0.25) is 0 Å². The lowest BCUT2D eigenvalue weighted by molar-refractivity contribution is -0.0638. The van der Waals surface area contributed by atoms with E-state index in [2.05, 4.69) is 32.1 Å². The third-order valence-electron chi connectivity index (χ3n) is 11.3. The molecule has 5 aliphatic carbocycles. The van der Waals surface area contributed by atoms with Gasteiger partial charge in [0.05, 0.1) is 23.8 Å².